The Morgan fingerprint density at radius 1 is 1.33 bits per heavy atom. The third kappa shape index (κ3) is 5.06. The van der Waals surface area contributed by atoms with Crippen molar-refractivity contribution in [3.05, 3.63) is 47.7 Å². The molecular formula is C18H22N4O5. The highest BCUT2D eigenvalue weighted by atomic mass is 16.6. The minimum absolute atomic E-state index is 0.0749. The molecule has 0 saturated heterocycles. The third-order valence-corrected chi connectivity index (χ3v) is 3.43. The Bertz CT molecular complexity index is 857. The van der Waals surface area contributed by atoms with Gasteiger partial charge in [0.05, 0.1) is 26.1 Å². The number of carbonyl (C=O) groups is 1. The van der Waals surface area contributed by atoms with E-state index in [0.29, 0.717) is 29.4 Å². The van der Waals surface area contributed by atoms with Gasteiger partial charge in [-0.2, -0.15) is 9.90 Å². The van der Waals surface area contributed by atoms with Crippen LogP contribution in [0.4, 0.5) is 0 Å². The molecule has 0 spiro atoms. The normalized spacial score (nSPS) is 11.9. The van der Waals surface area contributed by atoms with Gasteiger partial charge in [0.1, 0.15) is 30.0 Å². The number of hydrogen-bond acceptors (Lipinski definition) is 8. The summed E-state index contributed by atoms with van der Waals surface area (Å²) < 4.78 is 15.2. The largest absolute Gasteiger partial charge is 0.500 e. The van der Waals surface area contributed by atoms with Crippen LogP contribution in [0.5, 0.6) is 5.75 Å². The topological polar surface area (TPSA) is 97.1 Å². The first-order valence-electron chi connectivity index (χ1n) is 8.19. The summed E-state index contributed by atoms with van der Waals surface area (Å²) in [6.45, 7) is 5.96. The molecule has 0 saturated carbocycles. The zero-order chi connectivity index (χ0) is 19.8. The van der Waals surface area contributed by atoms with E-state index in [-0.39, 0.29) is 5.76 Å². The molecule has 0 fully saturated rings. The van der Waals surface area contributed by atoms with E-state index < -0.39 is 5.97 Å². The Balaban J connectivity index is 2.31. The highest BCUT2D eigenvalue weighted by molar-refractivity contribution is 5.96. The summed E-state index contributed by atoms with van der Waals surface area (Å²) in [7, 11) is 2.68. The zero-order valence-corrected chi connectivity index (χ0v) is 15.9. The molecule has 0 aliphatic heterocycles. The molecule has 1 aromatic heterocycles. The van der Waals surface area contributed by atoms with Gasteiger partial charge in [-0.25, -0.2) is 4.79 Å². The van der Waals surface area contributed by atoms with Gasteiger partial charge >= 0.3 is 5.97 Å². The Kier molecular flexibility index (Phi) is 6.93. The van der Waals surface area contributed by atoms with Crippen molar-refractivity contribution in [2.75, 3.05) is 20.8 Å². The van der Waals surface area contributed by atoms with Crippen LogP contribution in [0.15, 0.2) is 41.6 Å². The fraction of sp³-hybridized carbons (Fsp3) is 0.333. The number of benzene rings is 1. The van der Waals surface area contributed by atoms with Gasteiger partial charge in [-0.15, -0.1) is 5.10 Å². The van der Waals surface area contributed by atoms with Crippen LogP contribution in [0, 0.1) is 6.92 Å². The maximum Gasteiger partial charge on any atom is 0.377 e. The van der Waals surface area contributed by atoms with Crippen molar-refractivity contribution in [2.24, 2.45) is 5.16 Å². The first-order valence-corrected chi connectivity index (χ1v) is 8.19. The number of aryl methyl sites for hydroxylation is 1. The average Bonchev–Trinajstić information content (AvgIpc) is 3.17. The summed E-state index contributed by atoms with van der Waals surface area (Å²) in [5.74, 6) is -0.280. The molecule has 9 nitrogen and oxygen atoms in total. The number of aromatic nitrogens is 3. The lowest BCUT2D eigenvalue weighted by Crippen LogP contribution is -2.12. The van der Waals surface area contributed by atoms with E-state index in [2.05, 4.69) is 20.1 Å². The van der Waals surface area contributed by atoms with Crippen molar-refractivity contribution >= 4 is 11.7 Å². The molecule has 0 aliphatic rings. The third-order valence-electron chi connectivity index (χ3n) is 3.43. The van der Waals surface area contributed by atoms with Crippen LogP contribution in [0.25, 0.3) is 5.69 Å². The first-order chi connectivity index (χ1) is 13.0. The van der Waals surface area contributed by atoms with Crippen LogP contribution in [0.3, 0.4) is 0 Å². The molecule has 144 valence electrons. The van der Waals surface area contributed by atoms with E-state index in [0.717, 1.165) is 5.56 Å². The van der Waals surface area contributed by atoms with Gasteiger partial charge in [0.25, 0.3) is 0 Å². The minimum Gasteiger partial charge on any atom is -0.500 e. The average molecular weight is 374 g/mol. The van der Waals surface area contributed by atoms with Gasteiger partial charge in [0, 0.05) is 6.07 Å². The first kappa shape index (κ1) is 20.0. The zero-order valence-electron chi connectivity index (χ0n) is 15.9. The van der Waals surface area contributed by atoms with E-state index in [1.807, 2.05) is 26.0 Å². The lowest BCUT2D eigenvalue weighted by atomic mass is 10.2. The predicted molar refractivity (Wildman–Crippen MR) is 97.7 cm³/mol. The van der Waals surface area contributed by atoms with Gasteiger partial charge in [-0.3, -0.25) is 0 Å². The summed E-state index contributed by atoms with van der Waals surface area (Å²) in [6, 6.07) is 5.37. The van der Waals surface area contributed by atoms with Crippen LogP contribution >= 0.6 is 0 Å². The highest BCUT2D eigenvalue weighted by Gasteiger charge is 2.16. The molecule has 0 aliphatic carbocycles. The second kappa shape index (κ2) is 9.37. The van der Waals surface area contributed by atoms with E-state index in [1.165, 1.54) is 25.3 Å². The van der Waals surface area contributed by atoms with Crippen molar-refractivity contribution in [1.29, 1.82) is 0 Å². The predicted octanol–water partition coefficient (Wildman–Crippen LogP) is 2.38. The summed E-state index contributed by atoms with van der Waals surface area (Å²) in [5.41, 5.74) is 2.66. The van der Waals surface area contributed by atoms with Gasteiger partial charge in [0.2, 0.25) is 5.76 Å². The molecule has 9 heteroatoms. The fourth-order valence-electron chi connectivity index (χ4n) is 2.02. The molecule has 0 amide bonds. The van der Waals surface area contributed by atoms with Gasteiger partial charge < -0.3 is 19.0 Å². The number of oxime groups is 1. The number of carbonyl (C=O) groups excluding carboxylic acids is 1. The molecule has 1 heterocycles. The number of ether oxygens (including phenoxy) is 3. The molecule has 2 rings (SSSR count). The molecule has 0 bridgehead atoms. The van der Waals surface area contributed by atoms with Crippen molar-refractivity contribution < 1.29 is 23.8 Å². The number of methoxy groups -OCH3 is 2. The monoisotopic (exact) mass is 374 g/mol. The Morgan fingerprint density at radius 3 is 2.78 bits per heavy atom. The number of hydrogen-bond donors (Lipinski definition) is 0. The summed E-state index contributed by atoms with van der Waals surface area (Å²) >= 11 is 0. The van der Waals surface area contributed by atoms with Crippen LogP contribution in [-0.4, -0.2) is 47.5 Å². The summed E-state index contributed by atoms with van der Waals surface area (Å²) in [4.78, 5) is 18.2. The second-order valence-electron chi connectivity index (χ2n) is 5.37. The standard InChI is InChI=1S/C18H22N4O5/c1-6-26-21-13(3)15-10-19-22(20-15)14-8-7-12(2)16(9-14)27-17(11-24-4)18(23)25-5/h7-11H,6H2,1-5H3/b17-11-,21-13?. The number of esters is 1. The van der Waals surface area contributed by atoms with E-state index in [1.54, 1.807) is 19.2 Å². The van der Waals surface area contributed by atoms with E-state index >= 15 is 0 Å². The lowest BCUT2D eigenvalue weighted by molar-refractivity contribution is -0.138. The van der Waals surface area contributed by atoms with Crippen LogP contribution < -0.4 is 4.74 Å². The SMILES string of the molecule is CCON=C(C)c1cnn(-c2ccc(C)c(O/C(=C\OC)C(=O)OC)c2)n1. The van der Waals surface area contributed by atoms with Gasteiger partial charge in [-0.05, 0) is 32.4 Å². The van der Waals surface area contributed by atoms with Crippen molar-refractivity contribution in [3.63, 3.8) is 0 Å². The van der Waals surface area contributed by atoms with Crippen molar-refractivity contribution in [1.82, 2.24) is 15.0 Å². The van der Waals surface area contributed by atoms with Crippen LogP contribution in [-0.2, 0) is 19.1 Å². The Morgan fingerprint density at radius 2 is 2.11 bits per heavy atom. The summed E-state index contributed by atoms with van der Waals surface area (Å²) in [5, 5.41) is 12.6. The lowest BCUT2D eigenvalue weighted by Gasteiger charge is -2.11. The second-order valence-corrected chi connectivity index (χ2v) is 5.37. The smallest absolute Gasteiger partial charge is 0.377 e. The Hall–Kier alpha value is -3.36. The van der Waals surface area contributed by atoms with Crippen molar-refractivity contribution in [2.45, 2.75) is 20.8 Å². The quantitative estimate of drug-likeness (QED) is 0.230. The highest BCUT2D eigenvalue weighted by Crippen LogP contribution is 2.24. The van der Waals surface area contributed by atoms with E-state index in [4.69, 9.17) is 14.3 Å². The summed E-state index contributed by atoms with van der Waals surface area (Å²) in [6.07, 6.45) is 2.76. The van der Waals surface area contributed by atoms with Crippen molar-refractivity contribution in [3.8, 4) is 11.4 Å². The molecule has 27 heavy (non-hydrogen) atoms. The fourth-order valence-corrected chi connectivity index (χ4v) is 2.02. The molecular weight excluding hydrogens is 352 g/mol. The molecule has 2 aromatic rings. The van der Waals surface area contributed by atoms with Gasteiger partial charge in [-0.1, -0.05) is 11.2 Å². The van der Waals surface area contributed by atoms with Gasteiger partial charge in [0.15, 0.2) is 0 Å². The maximum atomic E-state index is 11.8. The number of rotatable bonds is 8. The van der Waals surface area contributed by atoms with E-state index in [9.17, 15) is 4.79 Å². The maximum absolute atomic E-state index is 11.8. The number of nitrogens with zero attached hydrogens (tertiary/aromatic N) is 4. The minimum atomic E-state index is -0.649. The Labute approximate surface area is 157 Å². The molecule has 0 unspecified atom stereocenters. The molecule has 0 atom stereocenters. The molecule has 0 N–H and O–H groups in total. The van der Waals surface area contributed by atoms with Crippen LogP contribution in [0.1, 0.15) is 25.1 Å². The van der Waals surface area contributed by atoms with Crippen LogP contribution in [0.2, 0.25) is 0 Å². The molecule has 1 aromatic carbocycles. The molecule has 0 radical (unpaired) electrons.